The van der Waals surface area contributed by atoms with Crippen LogP contribution >= 0.6 is 11.9 Å². The first-order valence-corrected chi connectivity index (χ1v) is 10.7. The van der Waals surface area contributed by atoms with E-state index in [0.29, 0.717) is 39.5 Å². The van der Waals surface area contributed by atoms with E-state index in [2.05, 4.69) is 15.7 Å². The fourth-order valence-corrected chi connectivity index (χ4v) is 3.88. The number of ether oxygens (including phenoxy) is 4. The van der Waals surface area contributed by atoms with Crippen LogP contribution in [0.3, 0.4) is 0 Å². The lowest BCUT2D eigenvalue weighted by Crippen LogP contribution is -2.48. The molecule has 1 unspecified atom stereocenters. The number of morpholine rings is 1. The summed E-state index contributed by atoms with van der Waals surface area (Å²) in [6, 6.07) is 6.07. The molecule has 0 aromatic heterocycles. The van der Waals surface area contributed by atoms with Crippen molar-refractivity contribution in [3.63, 3.8) is 0 Å². The van der Waals surface area contributed by atoms with Gasteiger partial charge >= 0.3 is 6.09 Å². The second kappa shape index (κ2) is 9.88. The molecular formula is C20H31N3O5S. The van der Waals surface area contributed by atoms with Gasteiger partial charge in [0.25, 0.3) is 0 Å². The van der Waals surface area contributed by atoms with Crippen LogP contribution in [0.1, 0.15) is 20.8 Å². The van der Waals surface area contributed by atoms with E-state index >= 15 is 0 Å². The first-order chi connectivity index (χ1) is 13.8. The highest BCUT2D eigenvalue weighted by Gasteiger charge is 2.28. The van der Waals surface area contributed by atoms with Crippen molar-refractivity contribution in [1.29, 1.82) is 0 Å². The summed E-state index contributed by atoms with van der Waals surface area (Å²) >= 11 is 1.63. The predicted molar refractivity (Wildman–Crippen MR) is 113 cm³/mol. The molecule has 8 nitrogen and oxygen atoms in total. The van der Waals surface area contributed by atoms with E-state index in [4.69, 9.17) is 18.9 Å². The van der Waals surface area contributed by atoms with E-state index in [9.17, 15) is 4.79 Å². The molecule has 2 heterocycles. The van der Waals surface area contributed by atoms with Crippen molar-refractivity contribution in [2.75, 3.05) is 58.1 Å². The van der Waals surface area contributed by atoms with E-state index in [1.54, 1.807) is 16.8 Å². The lowest BCUT2D eigenvalue weighted by Gasteiger charge is -2.34. The molecule has 1 aromatic rings. The van der Waals surface area contributed by atoms with Gasteiger partial charge in [-0.2, -0.15) is 0 Å². The number of hydrogen-bond donors (Lipinski definition) is 1. The molecule has 1 amide bonds. The summed E-state index contributed by atoms with van der Waals surface area (Å²) in [6.45, 7) is 9.20. The van der Waals surface area contributed by atoms with Gasteiger partial charge in [0.15, 0.2) is 0 Å². The largest absolute Gasteiger partial charge is 0.491 e. The Kier molecular flexibility index (Phi) is 7.50. The Morgan fingerprint density at radius 3 is 2.97 bits per heavy atom. The summed E-state index contributed by atoms with van der Waals surface area (Å²) in [6.07, 6.45) is -0.460. The van der Waals surface area contributed by atoms with Crippen LogP contribution in [-0.4, -0.2) is 75.9 Å². The first-order valence-electron chi connectivity index (χ1n) is 9.87. The summed E-state index contributed by atoms with van der Waals surface area (Å²) in [5, 5.41) is 0. The maximum Gasteiger partial charge on any atom is 0.410 e. The molecule has 0 radical (unpaired) electrons. The number of carbonyl (C=O) groups is 1. The topological polar surface area (TPSA) is 72.5 Å². The standard InChI is InChI=1S/C20H31N3O5S/c1-20(2,3)28-19(24)23-7-8-26-16(12-23)13-25-9-10-27-15-5-6-18-17(11-15)22(4)14-21-29-18/h5-6,11,16,21H,7-10,12-14H2,1-4H3. The Hall–Kier alpha value is -1.68. The monoisotopic (exact) mass is 425 g/mol. The second-order valence-corrected chi connectivity index (χ2v) is 9.01. The van der Waals surface area contributed by atoms with Gasteiger partial charge in [-0.3, -0.25) is 0 Å². The van der Waals surface area contributed by atoms with E-state index < -0.39 is 5.60 Å². The molecule has 0 aliphatic carbocycles. The van der Waals surface area contributed by atoms with E-state index in [1.165, 1.54) is 4.90 Å². The SMILES string of the molecule is CN1CNSc2ccc(OCCOCC3CN(C(=O)OC(C)(C)C)CCO3)cc21. The van der Waals surface area contributed by atoms with Gasteiger partial charge in [0.2, 0.25) is 0 Å². The van der Waals surface area contributed by atoms with Crippen molar-refractivity contribution in [3.05, 3.63) is 18.2 Å². The van der Waals surface area contributed by atoms with Crippen LogP contribution < -0.4 is 14.4 Å². The molecule has 0 bridgehead atoms. The molecule has 9 heteroatoms. The zero-order valence-corrected chi connectivity index (χ0v) is 18.4. The third kappa shape index (κ3) is 6.67. The average molecular weight is 426 g/mol. The van der Waals surface area contributed by atoms with Gasteiger partial charge in [0.05, 0.1) is 44.8 Å². The zero-order valence-electron chi connectivity index (χ0n) is 17.6. The summed E-state index contributed by atoms with van der Waals surface area (Å²) < 4.78 is 25.9. The van der Waals surface area contributed by atoms with Gasteiger partial charge in [-0.1, -0.05) is 0 Å². The molecule has 2 aliphatic heterocycles. The number of anilines is 1. The zero-order chi connectivity index (χ0) is 20.9. The Bertz CT molecular complexity index is 697. The van der Waals surface area contributed by atoms with Gasteiger partial charge in [-0.15, -0.1) is 0 Å². The molecule has 1 fully saturated rings. The number of carbonyl (C=O) groups excluding carboxylic acids is 1. The lowest BCUT2D eigenvalue weighted by molar-refractivity contribution is -0.0744. The summed E-state index contributed by atoms with van der Waals surface area (Å²) in [5.41, 5.74) is 0.657. The van der Waals surface area contributed by atoms with Gasteiger partial charge in [0.1, 0.15) is 18.0 Å². The molecule has 1 aromatic carbocycles. The number of fused-ring (bicyclic) bond motifs is 1. The quantitative estimate of drug-likeness (QED) is 0.551. The highest BCUT2D eigenvalue weighted by atomic mass is 32.2. The Balaban J connectivity index is 1.36. The molecule has 162 valence electrons. The highest BCUT2D eigenvalue weighted by molar-refractivity contribution is 7.97. The Labute approximate surface area is 176 Å². The highest BCUT2D eigenvalue weighted by Crippen LogP contribution is 2.34. The Morgan fingerprint density at radius 1 is 1.34 bits per heavy atom. The van der Waals surface area contributed by atoms with Gasteiger partial charge in [-0.05, 0) is 44.9 Å². The van der Waals surface area contributed by atoms with Crippen molar-refractivity contribution in [2.24, 2.45) is 0 Å². The van der Waals surface area contributed by atoms with Crippen molar-refractivity contribution in [1.82, 2.24) is 9.62 Å². The number of nitrogens with one attached hydrogen (secondary N) is 1. The minimum Gasteiger partial charge on any atom is -0.491 e. The molecule has 0 spiro atoms. The van der Waals surface area contributed by atoms with Crippen molar-refractivity contribution in [2.45, 2.75) is 37.4 Å². The second-order valence-electron chi connectivity index (χ2n) is 8.07. The molecule has 2 aliphatic rings. The van der Waals surface area contributed by atoms with E-state index in [1.807, 2.05) is 40.0 Å². The average Bonchev–Trinajstić information content (AvgIpc) is 2.67. The maximum absolute atomic E-state index is 12.2. The summed E-state index contributed by atoms with van der Waals surface area (Å²) in [7, 11) is 2.04. The van der Waals surface area contributed by atoms with Crippen LogP contribution in [0, 0.1) is 0 Å². The molecule has 0 saturated carbocycles. The Morgan fingerprint density at radius 2 is 2.17 bits per heavy atom. The minimum atomic E-state index is -0.501. The van der Waals surface area contributed by atoms with Crippen molar-refractivity contribution < 1.29 is 23.7 Å². The summed E-state index contributed by atoms with van der Waals surface area (Å²) in [4.78, 5) is 17.2. The molecule has 1 atom stereocenters. The fraction of sp³-hybridized carbons (Fsp3) is 0.650. The number of benzene rings is 1. The third-order valence-corrected chi connectivity index (χ3v) is 5.25. The van der Waals surface area contributed by atoms with E-state index in [0.717, 1.165) is 18.1 Å². The van der Waals surface area contributed by atoms with E-state index in [-0.39, 0.29) is 12.2 Å². The van der Waals surface area contributed by atoms with Crippen LogP contribution in [0.25, 0.3) is 0 Å². The van der Waals surface area contributed by atoms with Gasteiger partial charge in [-0.25, -0.2) is 9.52 Å². The fourth-order valence-electron chi connectivity index (χ4n) is 3.01. The van der Waals surface area contributed by atoms with Gasteiger partial charge < -0.3 is 28.7 Å². The molecule has 1 saturated heterocycles. The smallest absolute Gasteiger partial charge is 0.410 e. The third-order valence-electron chi connectivity index (χ3n) is 4.42. The van der Waals surface area contributed by atoms with Crippen molar-refractivity contribution in [3.8, 4) is 5.75 Å². The van der Waals surface area contributed by atoms with Crippen LogP contribution in [0.5, 0.6) is 5.75 Å². The normalized spacial score (nSPS) is 19.7. The number of rotatable bonds is 6. The summed E-state index contributed by atoms with van der Waals surface area (Å²) in [5.74, 6) is 0.826. The van der Waals surface area contributed by atoms with Crippen molar-refractivity contribution >= 4 is 23.7 Å². The maximum atomic E-state index is 12.2. The van der Waals surface area contributed by atoms with Crippen LogP contribution in [0.4, 0.5) is 10.5 Å². The molecule has 1 N–H and O–H groups in total. The predicted octanol–water partition coefficient (Wildman–Crippen LogP) is 2.72. The van der Waals surface area contributed by atoms with Crippen LogP contribution in [0.15, 0.2) is 23.1 Å². The number of hydrogen-bond acceptors (Lipinski definition) is 8. The number of amides is 1. The van der Waals surface area contributed by atoms with Crippen LogP contribution in [-0.2, 0) is 14.2 Å². The number of nitrogens with zero attached hydrogens (tertiary/aromatic N) is 2. The molecule has 3 rings (SSSR count). The van der Waals surface area contributed by atoms with Gasteiger partial charge in [0, 0.05) is 24.6 Å². The molecule has 29 heavy (non-hydrogen) atoms. The molecular weight excluding hydrogens is 394 g/mol. The minimum absolute atomic E-state index is 0.154. The van der Waals surface area contributed by atoms with Crippen LogP contribution in [0.2, 0.25) is 0 Å². The lowest BCUT2D eigenvalue weighted by atomic mass is 10.2. The first kappa shape index (κ1) is 22.0.